The van der Waals surface area contributed by atoms with E-state index in [9.17, 15) is 9.18 Å². The molecule has 0 unspecified atom stereocenters. The highest BCUT2D eigenvalue weighted by Crippen LogP contribution is 2.52. The second-order valence-electron chi connectivity index (χ2n) is 6.54. The van der Waals surface area contributed by atoms with E-state index in [0.29, 0.717) is 5.56 Å². The molecular formula is C15H21FN2O. The fraction of sp³-hybridized carbons (Fsp3) is 0.533. The quantitative estimate of drug-likeness (QED) is 0.861. The monoisotopic (exact) mass is 264 g/mol. The second-order valence-corrected chi connectivity index (χ2v) is 6.54. The molecule has 0 spiro atoms. The van der Waals surface area contributed by atoms with E-state index in [1.165, 1.54) is 18.2 Å². The predicted octanol–water partition coefficient (Wildman–Crippen LogP) is 2.32. The van der Waals surface area contributed by atoms with Crippen LogP contribution in [0.2, 0.25) is 0 Å². The number of carbonyl (C=O) groups excluding carboxylic acids is 1. The van der Waals surface area contributed by atoms with E-state index in [-0.39, 0.29) is 28.8 Å². The van der Waals surface area contributed by atoms with Gasteiger partial charge in [-0.1, -0.05) is 33.8 Å². The van der Waals surface area contributed by atoms with Gasteiger partial charge in [-0.15, -0.1) is 0 Å². The van der Waals surface area contributed by atoms with Crippen molar-refractivity contribution in [1.29, 1.82) is 0 Å². The molecule has 1 aromatic rings. The lowest BCUT2D eigenvalue weighted by Crippen LogP contribution is -2.76. The van der Waals surface area contributed by atoms with E-state index in [0.717, 1.165) is 0 Å². The first kappa shape index (κ1) is 14.0. The summed E-state index contributed by atoms with van der Waals surface area (Å²) in [5.74, 6) is -0.658. The lowest BCUT2D eigenvalue weighted by Gasteiger charge is -2.62. The molecule has 0 bridgehead atoms. The maximum atomic E-state index is 13.1. The molecule has 0 aliphatic heterocycles. The first-order chi connectivity index (χ1) is 8.67. The fourth-order valence-corrected chi connectivity index (χ4v) is 3.40. The number of amides is 1. The Morgan fingerprint density at radius 3 is 2.37 bits per heavy atom. The minimum atomic E-state index is -0.406. The van der Waals surface area contributed by atoms with E-state index < -0.39 is 5.82 Å². The molecule has 1 amide bonds. The molecule has 0 atom stereocenters. The molecule has 0 saturated heterocycles. The third kappa shape index (κ3) is 2.14. The molecule has 4 heteroatoms. The molecule has 3 N–H and O–H groups in total. The summed E-state index contributed by atoms with van der Waals surface area (Å²) in [6, 6.07) is 5.71. The van der Waals surface area contributed by atoms with Gasteiger partial charge in [-0.25, -0.2) is 4.39 Å². The number of nitrogens with one attached hydrogen (secondary N) is 1. The Hall–Kier alpha value is -1.42. The standard InChI is InChI=1S/C15H21FN2O/c1-14(2)12(17)15(3,4)13(14)18-11(19)9-6-5-7-10(16)8-9/h5-8,12-13H,17H2,1-4H3,(H,18,19). The Morgan fingerprint density at radius 1 is 1.26 bits per heavy atom. The van der Waals surface area contributed by atoms with Crippen molar-refractivity contribution in [2.24, 2.45) is 16.6 Å². The summed E-state index contributed by atoms with van der Waals surface area (Å²) in [5.41, 5.74) is 6.17. The topological polar surface area (TPSA) is 55.1 Å². The minimum Gasteiger partial charge on any atom is -0.348 e. The summed E-state index contributed by atoms with van der Waals surface area (Å²) in [5, 5.41) is 2.99. The summed E-state index contributed by atoms with van der Waals surface area (Å²) in [6.45, 7) is 8.16. The molecule has 0 heterocycles. The van der Waals surface area contributed by atoms with Gasteiger partial charge in [-0.05, 0) is 18.2 Å². The lowest BCUT2D eigenvalue weighted by atomic mass is 9.48. The van der Waals surface area contributed by atoms with Crippen molar-refractivity contribution in [3.8, 4) is 0 Å². The van der Waals surface area contributed by atoms with Gasteiger partial charge in [0.05, 0.1) is 0 Å². The van der Waals surface area contributed by atoms with Gasteiger partial charge in [0.2, 0.25) is 0 Å². The van der Waals surface area contributed by atoms with Crippen LogP contribution in [0, 0.1) is 16.6 Å². The van der Waals surface area contributed by atoms with Crippen molar-refractivity contribution in [3.63, 3.8) is 0 Å². The van der Waals surface area contributed by atoms with Gasteiger partial charge in [0.15, 0.2) is 0 Å². The molecule has 1 saturated carbocycles. The zero-order valence-corrected chi connectivity index (χ0v) is 11.8. The highest BCUT2D eigenvalue weighted by Gasteiger charge is 2.60. The van der Waals surface area contributed by atoms with Crippen LogP contribution in [0.25, 0.3) is 0 Å². The maximum absolute atomic E-state index is 13.1. The van der Waals surface area contributed by atoms with Crippen LogP contribution in [-0.2, 0) is 0 Å². The van der Waals surface area contributed by atoms with Crippen LogP contribution in [0.4, 0.5) is 4.39 Å². The third-order valence-electron chi connectivity index (χ3n) is 4.45. The lowest BCUT2D eigenvalue weighted by molar-refractivity contribution is -0.0663. The summed E-state index contributed by atoms with van der Waals surface area (Å²) in [4.78, 5) is 12.2. The fourth-order valence-electron chi connectivity index (χ4n) is 3.40. The molecule has 1 aliphatic rings. The zero-order valence-electron chi connectivity index (χ0n) is 11.8. The normalized spacial score (nSPS) is 27.5. The van der Waals surface area contributed by atoms with Gasteiger partial charge in [-0.2, -0.15) is 0 Å². The second kappa shape index (κ2) is 4.30. The SMILES string of the molecule is CC1(C)C(N)C(C)(C)C1NC(=O)c1cccc(F)c1. The van der Waals surface area contributed by atoms with Crippen LogP contribution < -0.4 is 11.1 Å². The van der Waals surface area contributed by atoms with Crippen molar-refractivity contribution in [2.45, 2.75) is 39.8 Å². The average Bonchev–Trinajstić information content (AvgIpc) is 2.34. The van der Waals surface area contributed by atoms with Crippen molar-refractivity contribution in [1.82, 2.24) is 5.32 Å². The van der Waals surface area contributed by atoms with E-state index in [4.69, 9.17) is 5.73 Å². The van der Waals surface area contributed by atoms with Crippen molar-refractivity contribution in [2.75, 3.05) is 0 Å². The Bertz CT molecular complexity index is 495. The molecule has 104 valence electrons. The van der Waals surface area contributed by atoms with Gasteiger partial charge < -0.3 is 11.1 Å². The summed E-state index contributed by atoms with van der Waals surface area (Å²) in [6.07, 6.45) is 0. The van der Waals surface area contributed by atoms with Gasteiger partial charge >= 0.3 is 0 Å². The van der Waals surface area contributed by atoms with Gasteiger partial charge in [0.1, 0.15) is 5.82 Å². The first-order valence-electron chi connectivity index (χ1n) is 6.49. The van der Waals surface area contributed by atoms with Crippen molar-refractivity contribution in [3.05, 3.63) is 35.6 Å². The van der Waals surface area contributed by atoms with Crippen LogP contribution in [0.1, 0.15) is 38.1 Å². The van der Waals surface area contributed by atoms with Crippen molar-refractivity contribution < 1.29 is 9.18 Å². The van der Waals surface area contributed by atoms with Gasteiger partial charge in [0.25, 0.3) is 5.91 Å². The summed E-state index contributed by atoms with van der Waals surface area (Å²) >= 11 is 0. The molecule has 1 fully saturated rings. The van der Waals surface area contributed by atoms with Crippen molar-refractivity contribution >= 4 is 5.91 Å². The van der Waals surface area contributed by atoms with Gasteiger partial charge in [0, 0.05) is 28.5 Å². The molecule has 2 rings (SSSR count). The number of halogens is 1. The summed E-state index contributed by atoms with van der Waals surface area (Å²) < 4.78 is 13.1. The first-order valence-corrected chi connectivity index (χ1v) is 6.49. The molecule has 0 radical (unpaired) electrons. The highest BCUT2D eigenvalue weighted by atomic mass is 19.1. The van der Waals surface area contributed by atoms with Crippen LogP contribution in [0.5, 0.6) is 0 Å². The number of nitrogens with two attached hydrogens (primary N) is 1. The van der Waals surface area contributed by atoms with Crippen LogP contribution in [0.15, 0.2) is 24.3 Å². The number of hydrogen-bond donors (Lipinski definition) is 2. The average molecular weight is 264 g/mol. The summed E-state index contributed by atoms with van der Waals surface area (Å²) in [7, 11) is 0. The van der Waals surface area contributed by atoms with Crippen LogP contribution in [-0.4, -0.2) is 18.0 Å². The molecule has 1 aliphatic carbocycles. The van der Waals surface area contributed by atoms with E-state index >= 15 is 0 Å². The van der Waals surface area contributed by atoms with Crippen LogP contribution in [0.3, 0.4) is 0 Å². The van der Waals surface area contributed by atoms with Crippen LogP contribution >= 0.6 is 0 Å². The number of rotatable bonds is 2. The Morgan fingerprint density at radius 2 is 1.84 bits per heavy atom. The van der Waals surface area contributed by atoms with E-state index in [2.05, 4.69) is 5.32 Å². The number of benzene rings is 1. The van der Waals surface area contributed by atoms with Gasteiger partial charge in [-0.3, -0.25) is 4.79 Å². The van der Waals surface area contributed by atoms with E-state index in [1.54, 1.807) is 6.07 Å². The maximum Gasteiger partial charge on any atom is 0.251 e. The largest absolute Gasteiger partial charge is 0.348 e. The molecular weight excluding hydrogens is 243 g/mol. The molecule has 19 heavy (non-hydrogen) atoms. The molecule has 1 aromatic carbocycles. The smallest absolute Gasteiger partial charge is 0.251 e. The molecule has 0 aromatic heterocycles. The minimum absolute atomic E-state index is 0.0224. The third-order valence-corrected chi connectivity index (χ3v) is 4.45. The van der Waals surface area contributed by atoms with E-state index in [1.807, 2.05) is 27.7 Å². The zero-order chi connectivity index (χ0) is 14.4. The number of hydrogen-bond acceptors (Lipinski definition) is 2. The predicted molar refractivity (Wildman–Crippen MR) is 73.2 cm³/mol. The highest BCUT2D eigenvalue weighted by molar-refractivity contribution is 5.94. The Balaban J connectivity index is 2.16. The Kier molecular flexibility index (Phi) is 3.17. The molecule has 3 nitrogen and oxygen atoms in total. The Labute approximate surface area is 113 Å². The number of carbonyl (C=O) groups is 1.